The van der Waals surface area contributed by atoms with Gasteiger partial charge in [0.2, 0.25) is 5.82 Å². The van der Waals surface area contributed by atoms with Gasteiger partial charge >= 0.3 is 0 Å². The highest BCUT2D eigenvalue weighted by atomic mass is 19.3. The number of carbonyl (C=O) groups excluding carboxylic acids is 2. The van der Waals surface area contributed by atoms with E-state index in [1.54, 1.807) is 17.8 Å². The van der Waals surface area contributed by atoms with Crippen molar-refractivity contribution in [2.24, 2.45) is 5.92 Å². The van der Waals surface area contributed by atoms with Crippen molar-refractivity contribution in [2.45, 2.75) is 44.8 Å². The van der Waals surface area contributed by atoms with Crippen LogP contribution in [0.15, 0.2) is 12.4 Å². The number of halogens is 2. The molecule has 3 heterocycles. The van der Waals surface area contributed by atoms with Gasteiger partial charge in [-0.3, -0.25) is 19.2 Å². The number of nitrogens with one attached hydrogen (secondary N) is 1. The number of fused-ring (bicyclic) bond motifs is 1. The normalized spacial score (nSPS) is 23.7. The van der Waals surface area contributed by atoms with Gasteiger partial charge in [-0.1, -0.05) is 0 Å². The van der Waals surface area contributed by atoms with Gasteiger partial charge in [0, 0.05) is 32.0 Å². The van der Waals surface area contributed by atoms with Crippen LogP contribution in [-0.4, -0.2) is 55.4 Å². The predicted octanol–water partition coefficient (Wildman–Crippen LogP) is 0.603. The first-order valence-electron chi connectivity index (χ1n) is 8.65. The summed E-state index contributed by atoms with van der Waals surface area (Å²) in [4.78, 5) is 30.4. The molecule has 1 aliphatic heterocycles. The molecule has 4 rings (SSSR count). The van der Waals surface area contributed by atoms with Crippen LogP contribution < -0.4 is 10.2 Å². The summed E-state index contributed by atoms with van der Waals surface area (Å²) in [5, 5.41) is 10.9. The third-order valence-corrected chi connectivity index (χ3v) is 4.89. The molecule has 2 aliphatic rings. The van der Waals surface area contributed by atoms with Gasteiger partial charge in [0.25, 0.3) is 17.7 Å². The molecule has 1 aliphatic carbocycles. The Hall–Kier alpha value is -2.85. The summed E-state index contributed by atoms with van der Waals surface area (Å²) >= 11 is 0. The van der Waals surface area contributed by atoms with Gasteiger partial charge in [-0.05, 0) is 13.3 Å². The lowest BCUT2D eigenvalue weighted by Crippen LogP contribution is -2.47. The van der Waals surface area contributed by atoms with Crippen LogP contribution in [0.25, 0.3) is 0 Å². The number of amides is 2. The molecule has 1 N–H and O–H groups in total. The lowest BCUT2D eigenvalue weighted by molar-refractivity contribution is -0.120. The highest BCUT2D eigenvalue weighted by Gasteiger charge is 2.56. The van der Waals surface area contributed by atoms with Crippen molar-refractivity contribution < 1.29 is 18.4 Å². The number of rotatable bonds is 4. The molecule has 0 spiro atoms. The van der Waals surface area contributed by atoms with E-state index in [-0.39, 0.29) is 24.7 Å². The van der Waals surface area contributed by atoms with Crippen LogP contribution in [0.3, 0.4) is 0 Å². The Balaban J connectivity index is 1.42. The second kappa shape index (κ2) is 6.10. The summed E-state index contributed by atoms with van der Waals surface area (Å²) in [5.74, 6) is -3.78. The van der Waals surface area contributed by atoms with E-state index in [2.05, 4.69) is 20.5 Å². The lowest BCUT2D eigenvalue weighted by Gasteiger charge is -2.19. The van der Waals surface area contributed by atoms with Crippen molar-refractivity contribution in [3.63, 3.8) is 0 Å². The Labute approximate surface area is 153 Å². The summed E-state index contributed by atoms with van der Waals surface area (Å²) < 4.78 is 29.0. The fourth-order valence-electron chi connectivity index (χ4n) is 3.22. The number of anilines is 1. The Morgan fingerprint density at radius 1 is 1.41 bits per heavy atom. The molecule has 0 saturated heterocycles. The number of nitrogens with zero attached hydrogens (tertiary/aromatic N) is 6. The number of likely N-dealkylation sites (N-methyl/N-ethyl adjacent to an activating group) is 1. The number of aromatic nitrogens is 5. The second-order valence-electron chi connectivity index (χ2n) is 7.03. The Morgan fingerprint density at radius 2 is 2.15 bits per heavy atom. The Kier molecular flexibility index (Phi) is 3.97. The summed E-state index contributed by atoms with van der Waals surface area (Å²) in [7, 11) is 1.63. The van der Waals surface area contributed by atoms with Crippen molar-refractivity contribution in [3.05, 3.63) is 23.9 Å². The number of hydrogen-bond donors (Lipinski definition) is 1. The summed E-state index contributed by atoms with van der Waals surface area (Å²) in [6.07, 6.45) is 1.45. The topological polar surface area (TPSA) is 97.9 Å². The number of hydrogen-bond acceptors (Lipinski definition) is 5. The van der Waals surface area contributed by atoms with E-state index < -0.39 is 23.8 Å². The zero-order chi connectivity index (χ0) is 19.3. The molecule has 2 amide bonds. The molecule has 1 unspecified atom stereocenters. The molecule has 1 fully saturated rings. The molecule has 27 heavy (non-hydrogen) atoms. The molecular weight excluding hydrogens is 360 g/mol. The molecule has 2 aromatic rings. The minimum absolute atomic E-state index is 0.0127. The molecule has 0 bridgehead atoms. The van der Waals surface area contributed by atoms with Crippen molar-refractivity contribution in [1.82, 2.24) is 29.9 Å². The molecule has 2 aromatic heterocycles. The number of alkyl halides is 2. The van der Waals surface area contributed by atoms with E-state index in [4.69, 9.17) is 0 Å². The highest BCUT2D eigenvalue weighted by Crippen LogP contribution is 2.49. The predicted molar refractivity (Wildman–Crippen MR) is 89.3 cm³/mol. The molecule has 0 aromatic carbocycles. The van der Waals surface area contributed by atoms with Crippen LogP contribution in [0.1, 0.15) is 29.2 Å². The number of aryl methyl sites for hydroxylation is 2. The summed E-state index contributed by atoms with van der Waals surface area (Å²) in [5.41, 5.74) is 0.808. The van der Waals surface area contributed by atoms with Crippen molar-refractivity contribution in [3.8, 4) is 0 Å². The van der Waals surface area contributed by atoms with Gasteiger partial charge in [0.15, 0.2) is 0 Å². The minimum Gasteiger partial charge on any atom is -0.337 e. The molecule has 0 radical (unpaired) electrons. The maximum Gasteiger partial charge on any atom is 0.291 e. The van der Waals surface area contributed by atoms with Crippen LogP contribution in [0.5, 0.6) is 0 Å². The van der Waals surface area contributed by atoms with Crippen LogP contribution in [0.4, 0.5) is 14.6 Å². The first kappa shape index (κ1) is 17.6. The van der Waals surface area contributed by atoms with Crippen molar-refractivity contribution >= 4 is 17.6 Å². The standard InChI is InChI=1S/C16H19F2N7O2/c1-9-5-12-23(2)15(27)11(3-4-25(12)21-9)20-14(26)13-19-8-24(22-13)7-10-6-16(10,17)18/h5,8,10-11H,3-4,6-7H2,1-2H3,(H,20,26)/t10?,11-/m0/s1. The molecule has 1 saturated carbocycles. The summed E-state index contributed by atoms with van der Waals surface area (Å²) in [6.45, 7) is 2.33. The lowest BCUT2D eigenvalue weighted by atomic mass is 10.2. The first-order valence-corrected chi connectivity index (χ1v) is 8.65. The van der Waals surface area contributed by atoms with Crippen molar-refractivity contribution in [1.29, 1.82) is 0 Å². The highest BCUT2D eigenvalue weighted by molar-refractivity contribution is 6.00. The Morgan fingerprint density at radius 3 is 2.85 bits per heavy atom. The zero-order valence-electron chi connectivity index (χ0n) is 14.9. The van der Waals surface area contributed by atoms with Crippen molar-refractivity contribution in [2.75, 3.05) is 11.9 Å². The fraction of sp³-hybridized carbons (Fsp3) is 0.562. The smallest absolute Gasteiger partial charge is 0.291 e. The van der Waals surface area contributed by atoms with Gasteiger partial charge in [-0.15, -0.1) is 5.10 Å². The van der Waals surface area contributed by atoms with Gasteiger partial charge in [-0.2, -0.15) is 5.10 Å². The van der Waals surface area contributed by atoms with Crippen LogP contribution >= 0.6 is 0 Å². The third-order valence-electron chi connectivity index (χ3n) is 4.89. The van der Waals surface area contributed by atoms with Crippen LogP contribution in [0.2, 0.25) is 0 Å². The third kappa shape index (κ3) is 3.28. The molecule has 2 atom stereocenters. The largest absolute Gasteiger partial charge is 0.337 e. The van der Waals surface area contributed by atoms with Gasteiger partial charge in [0.1, 0.15) is 18.2 Å². The van der Waals surface area contributed by atoms with E-state index in [1.165, 1.54) is 15.9 Å². The quantitative estimate of drug-likeness (QED) is 0.839. The van der Waals surface area contributed by atoms with E-state index in [0.29, 0.717) is 18.8 Å². The van der Waals surface area contributed by atoms with Gasteiger partial charge < -0.3 is 5.32 Å². The maximum atomic E-state index is 13.0. The minimum atomic E-state index is -2.66. The molecular formula is C16H19F2N7O2. The maximum absolute atomic E-state index is 13.0. The van der Waals surface area contributed by atoms with E-state index in [9.17, 15) is 18.4 Å². The average Bonchev–Trinajstić information content (AvgIpc) is 2.97. The van der Waals surface area contributed by atoms with E-state index in [1.807, 2.05) is 6.92 Å². The molecule has 144 valence electrons. The van der Waals surface area contributed by atoms with Gasteiger partial charge in [0.05, 0.1) is 12.2 Å². The summed E-state index contributed by atoms with van der Waals surface area (Å²) in [6, 6.07) is 1.06. The van der Waals surface area contributed by atoms with E-state index in [0.717, 1.165) is 5.69 Å². The van der Waals surface area contributed by atoms with E-state index >= 15 is 0 Å². The SMILES string of the molecule is Cc1cc2n(n1)CC[C@H](NC(=O)c1ncn(CC3CC3(F)F)n1)C(=O)N2C. The monoisotopic (exact) mass is 379 g/mol. The first-order chi connectivity index (χ1) is 12.7. The average molecular weight is 379 g/mol. The fourth-order valence-corrected chi connectivity index (χ4v) is 3.22. The Bertz CT molecular complexity index is 906. The zero-order valence-corrected chi connectivity index (χ0v) is 14.9. The van der Waals surface area contributed by atoms with Gasteiger partial charge in [-0.25, -0.2) is 18.4 Å². The molecule has 11 heteroatoms. The number of carbonyl (C=O) groups is 2. The van der Waals surface area contributed by atoms with Crippen LogP contribution in [-0.2, 0) is 17.9 Å². The van der Waals surface area contributed by atoms with Crippen LogP contribution in [0, 0.1) is 12.8 Å². The second-order valence-corrected chi connectivity index (χ2v) is 7.03. The molecule has 9 nitrogen and oxygen atoms in total.